The minimum Gasteiger partial charge on any atom is -0.399 e. The fraction of sp³-hybridized carbons (Fsp3) is 0.111. The maximum atomic E-state index is 14.5. The van der Waals surface area contributed by atoms with Gasteiger partial charge in [0.15, 0.2) is 0 Å². The van der Waals surface area contributed by atoms with E-state index in [-0.39, 0.29) is 22.3 Å². The first-order valence-electron chi connectivity index (χ1n) is 20.2. The number of rotatable bonds is 11. The van der Waals surface area contributed by atoms with E-state index >= 15 is 0 Å². The number of nitrogens with one attached hydrogen (secondary N) is 2. The number of nitrogen functional groups attached to an aromatic ring is 2. The number of alkyl halides is 6. The van der Waals surface area contributed by atoms with Crippen LogP contribution in [0.15, 0.2) is 194 Å². The van der Waals surface area contributed by atoms with Crippen LogP contribution >= 0.6 is 15.9 Å². The van der Waals surface area contributed by atoms with Crippen LogP contribution in [0.1, 0.15) is 52.8 Å². The minimum atomic E-state index is -4.49. The molecular weight excluding hydrogens is 899 g/mol. The van der Waals surface area contributed by atoms with Crippen molar-refractivity contribution in [3.8, 4) is 0 Å². The van der Waals surface area contributed by atoms with Crippen LogP contribution in [0.25, 0.3) is 18.2 Å². The second-order valence-electron chi connectivity index (χ2n) is 15.3. The summed E-state index contributed by atoms with van der Waals surface area (Å²) < 4.78 is 85.3. The molecule has 0 radical (unpaired) electrons. The van der Waals surface area contributed by atoms with E-state index in [1.165, 1.54) is 79.7 Å². The van der Waals surface area contributed by atoms with Gasteiger partial charge < -0.3 is 22.1 Å². The van der Waals surface area contributed by atoms with Gasteiger partial charge in [0.05, 0.1) is 0 Å². The molecule has 0 unspecified atom stereocenters. The van der Waals surface area contributed by atoms with Crippen molar-refractivity contribution in [3.05, 3.63) is 233 Å². The molecule has 6 N–H and O–H groups in total. The molecule has 0 aliphatic carbocycles. The number of nitrogens with two attached hydrogens (primary N) is 2. The lowest BCUT2D eigenvalue weighted by Gasteiger charge is -2.33. The number of hydrogen-bond donors (Lipinski definition) is 4. The van der Waals surface area contributed by atoms with Crippen molar-refractivity contribution in [3.63, 3.8) is 0 Å². The van der Waals surface area contributed by atoms with Gasteiger partial charge in [-0.05, 0) is 138 Å². The number of halogens is 7. The molecule has 0 atom stereocenters. The standard InChI is InChI=1S/C31H27F3N2.C15H15F3N2.C8H7Br/c1-4-22-6-14-26(15-7-22)35-28-18-10-24(11-19-28)30(3,31(32,33)34)25-12-20-29(21-13-25)36-27-16-8-23(5-2)9-17-27;1-14(15(16,17)18,10-2-6-12(19)7-3-10)11-4-8-13(20)9-5-11;1-2-7-3-5-8(9)6-4-7/h4-21,35-36H,1-2H2,3H3;2-9H,19-20H2,1H3;2-6H,1H2. The Morgan fingerprint density at radius 2 is 0.600 bits per heavy atom. The maximum Gasteiger partial charge on any atom is 0.402 e. The summed E-state index contributed by atoms with van der Waals surface area (Å²) in [4.78, 5) is 0. The van der Waals surface area contributed by atoms with Crippen molar-refractivity contribution in [2.24, 2.45) is 0 Å². The Morgan fingerprint density at radius 1 is 0.385 bits per heavy atom. The van der Waals surface area contributed by atoms with Crippen molar-refractivity contribution < 1.29 is 26.3 Å². The smallest absolute Gasteiger partial charge is 0.399 e. The van der Waals surface area contributed by atoms with Crippen LogP contribution in [0.2, 0.25) is 0 Å². The summed E-state index contributed by atoms with van der Waals surface area (Å²) in [6, 6.07) is 47.5. The molecule has 65 heavy (non-hydrogen) atoms. The molecule has 0 heterocycles. The van der Waals surface area contributed by atoms with Crippen LogP contribution in [0.3, 0.4) is 0 Å². The lowest BCUT2D eigenvalue weighted by Crippen LogP contribution is -2.40. The molecule has 334 valence electrons. The van der Waals surface area contributed by atoms with Gasteiger partial charge in [0, 0.05) is 38.6 Å². The largest absolute Gasteiger partial charge is 0.402 e. The molecule has 7 aromatic carbocycles. The summed E-state index contributed by atoms with van der Waals surface area (Å²) in [5.74, 6) is 0. The predicted molar refractivity (Wildman–Crippen MR) is 263 cm³/mol. The Hall–Kier alpha value is -6.98. The zero-order valence-electron chi connectivity index (χ0n) is 35.8. The maximum absolute atomic E-state index is 14.5. The van der Waals surface area contributed by atoms with Gasteiger partial charge in [-0.3, -0.25) is 0 Å². The van der Waals surface area contributed by atoms with Crippen molar-refractivity contribution in [2.75, 3.05) is 22.1 Å². The molecule has 7 aromatic rings. The van der Waals surface area contributed by atoms with Gasteiger partial charge in [0.25, 0.3) is 0 Å². The first kappa shape index (κ1) is 49.0. The van der Waals surface area contributed by atoms with Crippen LogP contribution in [-0.2, 0) is 10.8 Å². The van der Waals surface area contributed by atoms with Gasteiger partial charge in [0.2, 0.25) is 0 Å². The molecule has 0 amide bonds. The Balaban J connectivity index is 0.000000227. The summed E-state index contributed by atoms with van der Waals surface area (Å²) in [6.45, 7) is 13.5. The molecular formula is C54H49BrF6N4. The number of hydrogen-bond acceptors (Lipinski definition) is 4. The third kappa shape index (κ3) is 12.2. The minimum absolute atomic E-state index is 0.143. The van der Waals surface area contributed by atoms with Crippen molar-refractivity contribution >= 4 is 68.3 Å². The van der Waals surface area contributed by atoms with Gasteiger partial charge in [-0.15, -0.1) is 0 Å². The summed E-state index contributed by atoms with van der Waals surface area (Å²) >= 11 is 3.34. The highest BCUT2D eigenvalue weighted by atomic mass is 79.9. The zero-order chi connectivity index (χ0) is 47.4. The van der Waals surface area contributed by atoms with Crippen LogP contribution in [0.5, 0.6) is 0 Å². The van der Waals surface area contributed by atoms with Crippen LogP contribution < -0.4 is 22.1 Å². The van der Waals surface area contributed by atoms with Gasteiger partial charge >= 0.3 is 12.4 Å². The van der Waals surface area contributed by atoms with E-state index < -0.39 is 23.2 Å². The van der Waals surface area contributed by atoms with Gasteiger partial charge in [-0.25, -0.2) is 0 Å². The van der Waals surface area contributed by atoms with E-state index in [2.05, 4.69) is 46.3 Å². The monoisotopic (exact) mass is 946 g/mol. The lowest BCUT2D eigenvalue weighted by atomic mass is 9.75. The third-order valence-corrected chi connectivity index (χ3v) is 11.5. The number of benzene rings is 7. The molecule has 0 saturated carbocycles. The fourth-order valence-electron chi connectivity index (χ4n) is 6.73. The average molecular weight is 948 g/mol. The Labute approximate surface area is 385 Å². The third-order valence-electron chi connectivity index (χ3n) is 11.0. The molecule has 0 saturated heterocycles. The first-order chi connectivity index (χ1) is 30.8. The molecule has 0 aliphatic rings. The Morgan fingerprint density at radius 3 is 0.831 bits per heavy atom. The topological polar surface area (TPSA) is 76.1 Å². The van der Waals surface area contributed by atoms with Gasteiger partial charge in [-0.1, -0.05) is 139 Å². The first-order valence-corrected chi connectivity index (χ1v) is 21.0. The second-order valence-corrected chi connectivity index (χ2v) is 16.2. The number of anilines is 6. The molecule has 0 spiro atoms. The van der Waals surface area contributed by atoms with E-state index in [4.69, 9.17) is 11.5 Å². The van der Waals surface area contributed by atoms with E-state index in [1.54, 1.807) is 36.4 Å². The molecule has 0 aliphatic heterocycles. The predicted octanol–water partition coefficient (Wildman–Crippen LogP) is 16.1. The van der Waals surface area contributed by atoms with Crippen LogP contribution in [0.4, 0.5) is 60.5 Å². The molecule has 11 heteroatoms. The molecule has 4 nitrogen and oxygen atoms in total. The van der Waals surface area contributed by atoms with Crippen molar-refractivity contribution in [1.29, 1.82) is 0 Å². The summed E-state index contributed by atoms with van der Waals surface area (Å²) in [5.41, 5.74) is 14.5. The van der Waals surface area contributed by atoms with Gasteiger partial charge in [-0.2, -0.15) is 26.3 Å². The van der Waals surface area contributed by atoms with Crippen molar-refractivity contribution in [2.45, 2.75) is 37.0 Å². The van der Waals surface area contributed by atoms with E-state index in [0.717, 1.165) is 39.5 Å². The Bertz CT molecular complexity index is 2480. The van der Waals surface area contributed by atoms with Crippen molar-refractivity contribution in [1.82, 2.24) is 0 Å². The molecule has 0 fully saturated rings. The Kier molecular flexibility index (Phi) is 15.9. The van der Waals surface area contributed by atoms with E-state index in [9.17, 15) is 26.3 Å². The molecule has 7 rings (SSSR count). The normalized spacial score (nSPS) is 11.5. The van der Waals surface area contributed by atoms with Crippen LogP contribution in [-0.4, -0.2) is 12.4 Å². The van der Waals surface area contributed by atoms with E-state index in [1.807, 2.05) is 78.9 Å². The highest BCUT2D eigenvalue weighted by Crippen LogP contribution is 2.48. The summed E-state index contributed by atoms with van der Waals surface area (Å²) in [6.07, 6.45) is -3.59. The highest BCUT2D eigenvalue weighted by molar-refractivity contribution is 9.10. The second kappa shape index (κ2) is 21.1. The summed E-state index contributed by atoms with van der Waals surface area (Å²) in [7, 11) is 0. The molecule has 0 aromatic heterocycles. The zero-order valence-corrected chi connectivity index (χ0v) is 37.4. The highest BCUT2D eigenvalue weighted by Gasteiger charge is 2.54. The van der Waals surface area contributed by atoms with Crippen LogP contribution in [0, 0.1) is 0 Å². The SMILES string of the molecule is C=Cc1ccc(Br)cc1.C=Cc1ccc(Nc2ccc(C(C)(c3ccc(Nc4ccc(C=C)cc4)cc3)C(F)(F)F)cc2)cc1.CC(c1ccc(N)cc1)(c1ccc(N)cc1)C(F)(F)F. The quantitative estimate of drug-likeness (QED) is 0.0770. The van der Waals surface area contributed by atoms with E-state index in [0.29, 0.717) is 22.7 Å². The lowest BCUT2D eigenvalue weighted by molar-refractivity contribution is -0.173. The van der Waals surface area contributed by atoms with Gasteiger partial charge in [0.1, 0.15) is 10.8 Å². The molecule has 0 bridgehead atoms. The average Bonchev–Trinajstić information content (AvgIpc) is 3.30. The fourth-order valence-corrected chi connectivity index (χ4v) is 7.00. The summed E-state index contributed by atoms with van der Waals surface area (Å²) in [5, 5.41) is 6.44.